The zero-order valence-electron chi connectivity index (χ0n) is 12.4. The minimum Gasteiger partial charge on any atom is -0.466 e. The lowest BCUT2D eigenvalue weighted by molar-refractivity contribution is -0.136. The number of allylic oxidation sites excluding steroid dienone is 1. The van der Waals surface area contributed by atoms with Gasteiger partial charge in [-0.05, 0) is 23.9 Å². The van der Waals surface area contributed by atoms with Gasteiger partial charge in [0.2, 0.25) is 0 Å². The van der Waals surface area contributed by atoms with E-state index in [9.17, 15) is 4.79 Å². The third-order valence-corrected chi connectivity index (χ3v) is 4.39. The Balaban J connectivity index is 2.08. The highest BCUT2D eigenvalue weighted by Gasteiger charge is 2.30. The third kappa shape index (κ3) is 2.67. The van der Waals surface area contributed by atoms with Gasteiger partial charge in [0.25, 0.3) is 0 Å². The van der Waals surface area contributed by atoms with Gasteiger partial charge >= 0.3 is 5.97 Å². The summed E-state index contributed by atoms with van der Waals surface area (Å²) in [7, 11) is 1.39. The van der Waals surface area contributed by atoms with Crippen LogP contribution < -0.4 is 5.32 Å². The number of nitrogens with zero attached hydrogens (tertiary/aromatic N) is 1. The molecule has 22 heavy (non-hydrogen) atoms. The molecule has 1 atom stereocenters. The normalized spacial score (nSPS) is 17.7. The van der Waals surface area contributed by atoms with Crippen molar-refractivity contribution in [1.82, 2.24) is 5.32 Å². The summed E-state index contributed by atoms with van der Waals surface area (Å²) in [4.78, 5) is 18.0. The van der Waals surface area contributed by atoms with Crippen molar-refractivity contribution in [1.29, 1.82) is 0 Å². The molecule has 0 bridgehead atoms. The van der Waals surface area contributed by atoms with Crippen LogP contribution in [-0.4, -0.2) is 18.9 Å². The smallest absolute Gasteiger partial charge is 0.338 e. The molecule has 0 fully saturated rings. The quantitative estimate of drug-likeness (QED) is 0.885. The highest BCUT2D eigenvalue weighted by atomic mass is 32.1. The minimum absolute atomic E-state index is 0.354. The second kappa shape index (κ2) is 6.15. The number of ether oxygens (including phenoxy) is 1. The summed E-state index contributed by atoms with van der Waals surface area (Å²) in [6.45, 7) is 1.88. The molecule has 0 unspecified atom stereocenters. The molecular weight excluding hydrogens is 296 g/mol. The van der Waals surface area contributed by atoms with Crippen molar-refractivity contribution >= 4 is 23.1 Å². The molecule has 2 heterocycles. The van der Waals surface area contributed by atoms with Gasteiger partial charge in [0.15, 0.2) is 0 Å². The molecule has 0 spiro atoms. The summed E-state index contributed by atoms with van der Waals surface area (Å²) in [5, 5.41) is 5.23. The van der Waals surface area contributed by atoms with Crippen molar-refractivity contribution in [3.05, 3.63) is 69.6 Å². The van der Waals surface area contributed by atoms with Crippen LogP contribution in [0.4, 0.5) is 0 Å². The van der Waals surface area contributed by atoms with Gasteiger partial charge in [-0.1, -0.05) is 36.4 Å². The van der Waals surface area contributed by atoms with Crippen molar-refractivity contribution in [2.24, 2.45) is 4.99 Å². The van der Waals surface area contributed by atoms with Crippen LogP contribution in [0.5, 0.6) is 0 Å². The number of rotatable bonds is 3. The lowest BCUT2D eigenvalue weighted by Crippen LogP contribution is -2.32. The Bertz CT molecular complexity index is 733. The number of nitrogens with one attached hydrogen (secondary N) is 1. The topological polar surface area (TPSA) is 50.7 Å². The van der Waals surface area contributed by atoms with Crippen LogP contribution in [0.3, 0.4) is 0 Å². The van der Waals surface area contributed by atoms with E-state index in [0.717, 1.165) is 22.0 Å². The Labute approximate surface area is 133 Å². The van der Waals surface area contributed by atoms with E-state index in [1.165, 1.54) is 7.11 Å². The number of benzene rings is 1. The zero-order chi connectivity index (χ0) is 15.5. The monoisotopic (exact) mass is 312 g/mol. The summed E-state index contributed by atoms with van der Waals surface area (Å²) in [5.41, 5.74) is 2.30. The largest absolute Gasteiger partial charge is 0.466 e. The molecule has 1 aliphatic heterocycles. The lowest BCUT2D eigenvalue weighted by atomic mass is 9.96. The number of carbonyl (C=O) groups excluding carboxylic acids is 1. The SMILES string of the molecule is COC(=O)C1=C(C)NC(c2cccs2)=N[C@H]1c1ccccc1. The fourth-order valence-corrected chi connectivity index (χ4v) is 3.14. The van der Waals surface area contributed by atoms with Crippen molar-refractivity contribution in [2.75, 3.05) is 7.11 Å². The fraction of sp³-hybridized carbons (Fsp3) is 0.176. The zero-order valence-corrected chi connectivity index (χ0v) is 13.2. The van der Waals surface area contributed by atoms with Crippen molar-refractivity contribution < 1.29 is 9.53 Å². The average Bonchev–Trinajstić information content (AvgIpc) is 3.08. The van der Waals surface area contributed by atoms with E-state index >= 15 is 0 Å². The minimum atomic E-state index is -0.355. The molecule has 0 radical (unpaired) electrons. The first-order valence-corrected chi connectivity index (χ1v) is 7.81. The number of carbonyl (C=O) groups is 1. The molecule has 1 aliphatic rings. The number of amidine groups is 1. The first-order valence-electron chi connectivity index (χ1n) is 6.93. The Hall–Kier alpha value is -2.40. The molecule has 0 saturated heterocycles. The number of thiophene rings is 1. The van der Waals surface area contributed by atoms with Crippen molar-refractivity contribution in [3.63, 3.8) is 0 Å². The van der Waals surface area contributed by atoms with E-state index in [2.05, 4.69) is 5.32 Å². The van der Waals surface area contributed by atoms with E-state index in [0.29, 0.717) is 5.57 Å². The van der Waals surface area contributed by atoms with E-state index < -0.39 is 0 Å². The summed E-state index contributed by atoms with van der Waals surface area (Å²) in [5.74, 6) is 0.432. The van der Waals surface area contributed by atoms with Crippen LogP contribution in [0.2, 0.25) is 0 Å². The molecule has 1 aromatic heterocycles. The molecule has 3 rings (SSSR count). The maximum Gasteiger partial charge on any atom is 0.338 e. The Kier molecular flexibility index (Phi) is 4.06. The van der Waals surface area contributed by atoms with Gasteiger partial charge in [0.1, 0.15) is 11.9 Å². The van der Waals surface area contributed by atoms with Crippen molar-refractivity contribution in [2.45, 2.75) is 13.0 Å². The van der Waals surface area contributed by atoms with Gasteiger partial charge in [-0.15, -0.1) is 11.3 Å². The van der Waals surface area contributed by atoms with Gasteiger partial charge in [-0.25, -0.2) is 4.79 Å². The number of hydrogen-bond acceptors (Lipinski definition) is 5. The fourth-order valence-electron chi connectivity index (χ4n) is 2.47. The van der Waals surface area contributed by atoms with E-state index in [1.54, 1.807) is 11.3 Å². The molecule has 2 aromatic rings. The molecule has 0 aliphatic carbocycles. The number of aliphatic imine (C=N–C) groups is 1. The summed E-state index contributed by atoms with van der Waals surface area (Å²) in [6, 6.07) is 13.4. The summed E-state index contributed by atoms with van der Waals surface area (Å²) >= 11 is 1.61. The first-order chi connectivity index (χ1) is 10.7. The second-order valence-corrected chi connectivity index (χ2v) is 5.87. The highest BCUT2D eigenvalue weighted by molar-refractivity contribution is 7.12. The van der Waals surface area contributed by atoms with E-state index in [-0.39, 0.29) is 12.0 Å². The molecular formula is C17H16N2O2S. The second-order valence-electron chi connectivity index (χ2n) is 4.92. The Morgan fingerprint density at radius 1 is 1.23 bits per heavy atom. The predicted octanol–water partition coefficient (Wildman–Crippen LogP) is 3.29. The van der Waals surface area contributed by atoms with Crippen LogP contribution in [0.15, 0.2) is 64.1 Å². The van der Waals surface area contributed by atoms with Crippen LogP contribution in [0.1, 0.15) is 23.4 Å². The van der Waals surface area contributed by atoms with Gasteiger partial charge < -0.3 is 10.1 Å². The Morgan fingerprint density at radius 2 is 2.00 bits per heavy atom. The molecule has 5 heteroatoms. The van der Waals surface area contributed by atoms with Crippen LogP contribution in [0, 0.1) is 0 Å². The molecule has 1 aromatic carbocycles. The highest BCUT2D eigenvalue weighted by Crippen LogP contribution is 2.32. The summed E-state index contributed by atoms with van der Waals surface area (Å²) < 4.78 is 4.93. The maximum atomic E-state index is 12.2. The van der Waals surface area contributed by atoms with Gasteiger partial charge in [0, 0.05) is 5.70 Å². The molecule has 112 valence electrons. The molecule has 0 saturated carbocycles. The van der Waals surface area contributed by atoms with Crippen molar-refractivity contribution in [3.8, 4) is 0 Å². The third-order valence-electron chi connectivity index (χ3n) is 3.52. The van der Waals surface area contributed by atoms with Gasteiger partial charge in [0.05, 0.1) is 17.6 Å². The standard InChI is InChI=1S/C17H16N2O2S/c1-11-14(17(20)21-2)15(12-7-4-3-5-8-12)19-16(18-11)13-9-6-10-22-13/h3-10,15H,1-2H3,(H,18,19)/t15-/m0/s1. The maximum absolute atomic E-state index is 12.2. The average molecular weight is 312 g/mol. The number of esters is 1. The molecule has 0 amide bonds. The Morgan fingerprint density at radius 3 is 2.64 bits per heavy atom. The van der Waals surface area contributed by atoms with Gasteiger partial charge in [-0.3, -0.25) is 4.99 Å². The van der Waals surface area contributed by atoms with Crippen LogP contribution >= 0.6 is 11.3 Å². The molecule has 4 nitrogen and oxygen atoms in total. The number of hydrogen-bond donors (Lipinski definition) is 1. The van der Waals surface area contributed by atoms with E-state index in [4.69, 9.17) is 9.73 Å². The first kappa shape index (κ1) is 14.5. The lowest BCUT2D eigenvalue weighted by Gasteiger charge is -2.25. The van der Waals surface area contributed by atoms with E-state index in [1.807, 2.05) is 54.8 Å². The van der Waals surface area contributed by atoms with Gasteiger partial charge in [-0.2, -0.15) is 0 Å². The van der Waals surface area contributed by atoms with Crippen LogP contribution in [0.25, 0.3) is 0 Å². The summed E-state index contributed by atoms with van der Waals surface area (Å²) in [6.07, 6.45) is 0. The molecule has 1 N–H and O–H groups in total. The van der Waals surface area contributed by atoms with Crippen LogP contribution in [-0.2, 0) is 9.53 Å². The predicted molar refractivity (Wildman–Crippen MR) is 87.9 cm³/mol. The number of methoxy groups -OCH3 is 1.